The summed E-state index contributed by atoms with van der Waals surface area (Å²) in [5, 5.41) is 0.737. The number of nitrogens with zero attached hydrogens (tertiary/aromatic N) is 2. The predicted octanol–water partition coefficient (Wildman–Crippen LogP) is 1.92. The summed E-state index contributed by atoms with van der Waals surface area (Å²) in [6, 6.07) is 0.786. The number of ether oxygens (including phenoxy) is 1. The lowest BCUT2D eigenvalue weighted by Crippen LogP contribution is -2.52. The van der Waals surface area contributed by atoms with E-state index >= 15 is 0 Å². The summed E-state index contributed by atoms with van der Waals surface area (Å²) in [6.45, 7) is 12.6. The van der Waals surface area contributed by atoms with Crippen LogP contribution in [-0.4, -0.2) is 72.8 Å². The second kappa shape index (κ2) is 7.73. The van der Waals surface area contributed by atoms with Crippen molar-refractivity contribution in [2.45, 2.75) is 38.0 Å². The molecule has 4 heteroatoms. The molecule has 2 aliphatic rings. The lowest BCUT2D eigenvalue weighted by atomic mass is 10.1. The zero-order valence-corrected chi connectivity index (χ0v) is 12.8. The normalized spacial score (nSPS) is 29.5. The molecule has 2 fully saturated rings. The minimum absolute atomic E-state index is 0.737. The largest absolute Gasteiger partial charge is 0.380 e. The van der Waals surface area contributed by atoms with Crippen molar-refractivity contribution in [1.82, 2.24) is 9.80 Å². The molecule has 0 bridgehead atoms. The topological polar surface area (TPSA) is 15.7 Å². The Morgan fingerprint density at radius 2 is 2.17 bits per heavy atom. The van der Waals surface area contributed by atoms with Gasteiger partial charge in [-0.05, 0) is 39.0 Å². The molecule has 2 atom stereocenters. The third-order valence-electron chi connectivity index (χ3n) is 4.26. The summed E-state index contributed by atoms with van der Waals surface area (Å²) < 4.78 is 5.61. The van der Waals surface area contributed by atoms with E-state index < -0.39 is 0 Å². The van der Waals surface area contributed by atoms with Crippen molar-refractivity contribution in [3.05, 3.63) is 0 Å². The Bertz CT molecular complexity index is 234. The Balaban J connectivity index is 1.73. The molecular weight excluding hydrogens is 244 g/mol. The molecule has 2 aliphatic heterocycles. The fraction of sp³-hybridized carbons (Fsp3) is 1.00. The van der Waals surface area contributed by atoms with Crippen LogP contribution in [0.4, 0.5) is 0 Å². The second-order valence-corrected chi connectivity index (χ2v) is 6.60. The van der Waals surface area contributed by atoms with Gasteiger partial charge in [-0.25, -0.2) is 0 Å². The number of hydrogen-bond acceptors (Lipinski definition) is 4. The molecule has 106 valence electrons. The highest BCUT2D eigenvalue weighted by molar-refractivity contribution is 8.00. The summed E-state index contributed by atoms with van der Waals surface area (Å²) in [4.78, 5) is 5.26. The minimum atomic E-state index is 0.737. The molecule has 0 amide bonds. The van der Waals surface area contributed by atoms with Crippen molar-refractivity contribution in [2.75, 3.05) is 51.7 Å². The van der Waals surface area contributed by atoms with Crippen LogP contribution in [0.2, 0.25) is 0 Å². The van der Waals surface area contributed by atoms with Gasteiger partial charge in [0.2, 0.25) is 0 Å². The van der Waals surface area contributed by atoms with Gasteiger partial charge in [-0.2, -0.15) is 11.8 Å². The molecule has 0 N–H and O–H groups in total. The third kappa shape index (κ3) is 3.86. The van der Waals surface area contributed by atoms with Gasteiger partial charge in [-0.3, -0.25) is 4.90 Å². The maximum Gasteiger partial charge on any atom is 0.0600 e. The lowest BCUT2D eigenvalue weighted by Gasteiger charge is -2.43. The van der Waals surface area contributed by atoms with Crippen molar-refractivity contribution in [2.24, 2.45) is 0 Å². The Labute approximate surface area is 116 Å². The van der Waals surface area contributed by atoms with Crippen LogP contribution in [0.15, 0.2) is 0 Å². The maximum atomic E-state index is 5.61. The molecule has 0 saturated carbocycles. The van der Waals surface area contributed by atoms with E-state index in [-0.39, 0.29) is 0 Å². The lowest BCUT2D eigenvalue weighted by molar-refractivity contribution is 0.0368. The average molecular weight is 272 g/mol. The molecule has 18 heavy (non-hydrogen) atoms. The molecule has 2 saturated heterocycles. The van der Waals surface area contributed by atoms with Gasteiger partial charge in [0.15, 0.2) is 0 Å². The van der Waals surface area contributed by atoms with Crippen LogP contribution in [-0.2, 0) is 4.74 Å². The number of rotatable bonds is 6. The summed E-state index contributed by atoms with van der Waals surface area (Å²) in [7, 11) is 0. The molecule has 0 radical (unpaired) electrons. The van der Waals surface area contributed by atoms with Crippen LogP contribution in [0.25, 0.3) is 0 Å². The van der Waals surface area contributed by atoms with E-state index in [1.165, 1.54) is 51.3 Å². The Kier molecular flexibility index (Phi) is 6.29. The van der Waals surface area contributed by atoms with E-state index in [0.29, 0.717) is 0 Å². The average Bonchev–Trinajstić information content (AvgIpc) is 2.44. The van der Waals surface area contributed by atoms with Crippen molar-refractivity contribution < 1.29 is 4.74 Å². The van der Waals surface area contributed by atoms with Gasteiger partial charge < -0.3 is 9.64 Å². The standard InChI is InChI=1S/C14H28N2OS/c1-3-15(4-2)7-5-8-16-9-11-18-14-12-17-10-6-13(14)16/h13-14H,3-12H2,1-2H3. The van der Waals surface area contributed by atoms with Crippen molar-refractivity contribution >= 4 is 11.8 Å². The van der Waals surface area contributed by atoms with Crippen molar-refractivity contribution in [1.29, 1.82) is 0 Å². The van der Waals surface area contributed by atoms with Gasteiger partial charge in [-0.1, -0.05) is 13.8 Å². The van der Waals surface area contributed by atoms with E-state index in [2.05, 4.69) is 35.4 Å². The van der Waals surface area contributed by atoms with Gasteiger partial charge in [0.05, 0.1) is 6.61 Å². The molecule has 2 heterocycles. The summed E-state index contributed by atoms with van der Waals surface area (Å²) in [6.07, 6.45) is 2.55. The van der Waals surface area contributed by atoms with Crippen LogP contribution in [0.5, 0.6) is 0 Å². The predicted molar refractivity (Wildman–Crippen MR) is 79.4 cm³/mol. The van der Waals surface area contributed by atoms with E-state index in [4.69, 9.17) is 4.74 Å². The fourth-order valence-corrected chi connectivity index (χ4v) is 4.44. The van der Waals surface area contributed by atoms with Gasteiger partial charge in [-0.15, -0.1) is 0 Å². The molecule has 0 aliphatic carbocycles. The Morgan fingerprint density at radius 1 is 1.33 bits per heavy atom. The molecule has 3 nitrogen and oxygen atoms in total. The van der Waals surface area contributed by atoms with E-state index in [0.717, 1.165) is 24.5 Å². The molecular formula is C14H28N2OS. The second-order valence-electron chi connectivity index (χ2n) is 5.26. The summed E-state index contributed by atoms with van der Waals surface area (Å²) >= 11 is 2.12. The number of hydrogen-bond donors (Lipinski definition) is 0. The van der Waals surface area contributed by atoms with Crippen LogP contribution >= 0.6 is 11.8 Å². The quantitative estimate of drug-likeness (QED) is 0.734. The SMILES string of the molecule is CCN(CC)CCCN1CCSC2COCCC21. The fourth-order valence-electron chi connectivity index (χ4n) is 3.08. The zero-order chi connectivity index (χ0) is 12.8. The first-order valence-corrected chi connectivity index (χ1v) is 8.55. The molecule has 0 spiro atoms. The highest BCUT2D eigenvalue weighted by Crippen LogP contribution is 2.30. The molecule has 0 aromatic carbocycles. The zero-order valence-electron chi connectivity index (χ0n) is 11.9. The number of thioether (sulfide) groups is 1. The summed E-state index contributed by atoms with van der Waals surface area (Å²) in [5.41, 5.74) is 0. The van der Waals surface area contributed by atoms with Gasteiger partial charge in [0, 0.05) is 30.2 Å². The van der Waals surface area contributed by atoms with E-state index in [9.17, 15) is 0 Å². The molecule has 2 rings (SSSR count). The van der Waals surface area contributed by atoms with Crippen LogP contribution in [0, 0.1) is 0 Å². The van der Waals surface area contributed by atoms with Crippen LogP contribution in [0.1, 0.15) is 26.7 Å². The molecule has 0 aromatic rings. The Hall–Kier alpha value is 0.230. The highest BCUT2D eigenvalue weighted by Gasteiger charge is 2.33. The van der Waals surface area contributed by atoms with Gasteiger partial charge in [0.1, 0.15) is 0 Å². The Morgan fingerprint density at radius 3 is 2.94 bits per heavy atom. The van der Waals surface area contributed by atoms with Gasteiger partial charge in [0.25, 0.3) is 0 Å². The monoisotopic (exact) mass is 272 g/mol. The molecule has 2 unspecified atom stereocenters. The van der Waals surface area contributed by atoms with E-state index in [1.807, 2.05) is 0 Å². The van der Waals surface area contributed by atoms with Crippen LogP contribution in [0.3, 0.4) is 0 Å². The van der Waals surface area contributed by atoms with Crippen molar-refractivity contribution in [3.63, 3.8) is 0 Å². The first-order chi connectivity index (χ1) is 8.85. The van der Waals surface area contributed by atoms with Gasteiger partial charge >= 0.3 is 0 Å². The summed E-state index contributed by atoms with van der Waals surface area (Å²) in [5.74, 6) is 1.29. The highest BCUT2D eigenvalue weighted by atomic mass is 32.2. The van der Waals surface area contributed by atoms with Crippen LogP contribution < -0.4 is 0 Å². The first kappa shape index (κ1) is 14.6. The molecule has 0 aromatic heterocycles. The minimum Gasteiger partial charge on any atom is -0.380 e. The first-order valence-electron chi connectivity index (χ1n) is 7.51. The number of fused-ring (bicyclic) bond motifs is 1. The maximum absolute atomic E-state index is 5.61. The van der Waals surface area contributed by atoms with Crippen molar-refractivity contribution in [3.8, 4) is 0 Å². The van der Waals surface area contributed by atoms with E-state index in [1.54, 1.807) is 0 Å². The third-order valence-corrected chi connectivity index (χ3v) is 5.56. The smallest absolute Gasteiger partial charge is 0.0600 e.